The van der Waals surface area contributed by atoms with Crippen LogP contribution in [0.5, 0.6) is 0 Å². The van der Waals surface area contributed by atoms with Crippen LogP contribution in [-0.2, 0) is 17.6 Å². The van der Waals surface area contributed by atoms with Gasteiger partial charge < -0.3 is 14.8 Å². The minimum absolute atomic E-state index is 0.305. The van der Waals surface area contributed by atoms with Gasteiger partial charge in [0.05, 0.1) is 18.6 Å². The van der Waals surface area contributed by atoms with Gasteiger partial charge >= 0.3 is 5.97 Å². The predicted molar refractivity (Wildman–Crippen MR) is 65.4 cm³/mol. The minimum atomic E-state index is -1.22. The molecular formula is C11H10N2O4S. The highest BCUT2D eigenvalue weighted by Gasteiger charge is 2.20. The Morgan fingerprint density at radius 2 is 2.17 bits per heavy atom. The van der Waals surface area contributed by atoms with Crippen LogP contribution in [0.25, 0.3) is 10.2 Å². The summed E-state index contributed by atoms with van der Waals surface area (Å²) in [6.45, 7) is 1.21. The van der Waals surface area contributed by atoms with E-state index in [2.05, 4.69) is 9.97 Å². The normalized spacial score (nSPS) is 15.3. The van der Waals surface area contributed by atoms with E-state index in [0.29, 0.717) is 29.9 Å². The van der Waals surface area contributed by atoms with E-state index in [1.165, 1.54) is 11.3 Å². The number of H-pyrrole nitrogens is 1. The van der Waals surface area contributed by atoms with Gasteiger partial charge in [-0.3, -0.25) is 4.79 Å². The molecule has 2 aromatic rings. The van der Waals surface area contributed by atoms with E-state index in [4.69, 9.17) is 9.84 Å². The van der Waals surface area contributed by atoms with E-state index in [9.17, 15) is 9.59 Å². The molecule has 1 aliphatic rings. The van der Waals surface area contributed by atoms with E-state index in [0.717, 1.165) is 16.9 Å². The Labute approximate surface area is 105 Å². The number of thiophene rings is 1. The molecule has 3 rings (SSSR count). The van der Waals surface area contributed by atoms with E-state index >= 15 is 0 Å². The van der Waals surface area contributed by atoms with Crippen molar-refractivity contribution >= 4 is 27.5 Å². The number of carbonyl (C=O) groups is 1. The van der Waals surface area contributed by atoms with E-state index in [1.807, 2.05) is 0 Å². The zero-order valence-electron chi connectivity index (χ0n) is 9.36. The molecule has 2 aromatic heterocycles. The molecule has 0 amide bonds. The molecule has 0 aromatic carbocycles. The van der Waals surface area contributed by atoms with Crippen LogP contribution in [0, 0.1) is 0 Å². The van der Waals surface area contributed by atoms with Gasteiger partial charge in [-0.2, -0.15) is 0 Å². The molecule has 6 nitrogen and oxygen atoms in total. The molecule has 1 aliphatic heterocycles. The van der Waals surface area contributed by atoms with Crippen LogP contribution in [0.15, 0.2) is 4.79 Å². The van der Waals surface area contributed by atoms with Crippen LogP contribution >= 0.6 is 11.3 Å². The Morgan fingerprint density at radius 3 is 2.94 bits per heavy atom. The zero-order chi connectivity index (χ0) is 12.7. The quantitative estimate of drug-likeness (QED) is 0.796. The summed E-state index contributed by atoms with van der Waals surface area (Å²) in [6, 6.07) is 0. The van der Waals surface area contributed by atoms with Crippen LogP contribution in [0.3, 0.4) is 0 Å². The first-order chi connectivity index (χ1) is 8.66. The molecule has 7 heteroatoms. The van der Waals surface area contributed by atoms with Crippen molar-refractivity contribution in [1.82, 2.24) is 9.97 Å². The second-order valence-electron chi connectivity index (χ2n) is 4.02. The summed E-state index contributed by atoms with van der Waals surface area (Å²) < 4.78 is 5.37. The van der Waals surface area contributed by atoms with Gasteiger partial charge in [0.25, 0.3) is 5.56 Å². The number of aromatic carboxylic acids is 1. The van der Waals surface area contributed by atoms with Gasteiger partial charge in [0.2, 0.25) is 5.82 Å². The molecular weight excluding hydrogens is 256 g/mol. The van der Waals surface area contributed by atoms with Gasteiger partial charge in [0.15, 0.2) is 0 Å². The van der Waals surface area contributed by atoms with Crippen LogP contribution in [0.4, 0.5) is 0 Å². The Bertz CT molecular complexity index is 688. The first kappa shape index (κ1) is 11.4. The van der Waals surface area contributed by atoms with Gasteiger partial charge in [-0.25, -0.2) is 9.78 Å². The van der Waals surface area contributed by atoms with Crippen molar-refractivity contribution in [2.24, 2.45) is 0 Å². The second-order valence-corrected chi connectivity index (χ2v) is 5.10. The number of nitrogens with one attached hydrogen (secondary N) is 1. The molecule has 2 N–H and O–H groups in total. The smallest absolute Gasteiger partial charge is 0.372 e. The highest BCUT2D eigenvalue weighted by atomic mass is 32.1. The topological polar surface area (TPSA) is 92.3 Å². The van der Waals surface area contributed by atoms with Crippen LogP contribution in [0.2, 0.25) is 0 Å². The molecule has 0 atom stereocenters. The average molecular weight is 266 g/mol. The third-order valence-electron chi connectivity index (χ3n) is 2.92. The Hall–Kier alpha value is -1.73. The lowest BCUT2D eigenvalue weighted by atomic mass is 10.1. The number of ether oxygens (including phenoxy) is 1. The highest BCUT2D eigenvalue weighted by molar-refractivity contribution is 7.18. The number of carboxylic acids is 1. The first-order valence-electron chi connectivity index (χ1n) is 5.52. The van der Waals surface area contributed by atoms with Crippen molar-refractivity contribution in [1.29, 1.82) is 0 Å². The van der Waals surface area contributed by atoms with Gasteiger partial charge in [-0.1, -0.05) is 0 Å². The zero-order valence-corrected chi connectivity index (χ0v) is 10.2. The van der Waals surface area contributed by atoms with Crippen LogP contribution < -0.4 is 5.56 Å². The van der Waals surface area contributed by atoms with Crippen molar-refractivity contribution < 1.29 is 14.6 Å². The summed E-state index contributed by atoms with van der Waals surface area (Å²) in [5.41, 5.74) is 0.579. The van der Waals surface area contributed by atoms with E-state index in [-0.39, 0.29) is 11.4 Å². The molecule has 0 unspecified atom stereocenters. The van der Waals surface area contributed by atoms with Gasteiger partial charge in [0, 0.05) is 11.3 Å². The maximum absolute atomic E-state index is 12.0. The number of aromatic nitrogens is 2. The Balaban J connectivity index is 2.29. The Kier molecular flexibility index (Phi) is 2.64. The van der Waals surface area contributed by atoms with Gasteiger partial charge in [-0.15, -0.1) is 11.3 Å². The second kappa shape index (κ2) is 4.18. The summed E-state index contributed by atoms with van der Waals surface area (Å²) >= 11 is 1.38. The van der Waals surface area contributed by atoms with Gasteiger partial charge in [0.1, 0.15) is 4.83 Å². The summed E-state index contributed by atoms with van der Waals surface area (Å²) in [7, 11) is 0. The van der Waals surface area contributed by atoms with Crippen molar-refractivity contribution in [2.75, 3.05) is 13.2 Å². The molecule has 0 spiro atoms. The highest BCUT2D eigenvalue weighted by Crippen LogP contribution is 2.30. The maximum atomic E-state index is 12.0. The van der Waals surface area contributed by atoms with Crippen molar-refractivity contribution in [3.05, 3.63) is 26.6 Å². The number of rotatable bonds is 1. The van der Waals surface area contributed by atoms with Crippen LogP contribution in [-0.4, -0.2) is 34.3 Å². The van der Waals surface area contributed by atoms with Crippen molar-refractivity contribution in [2.45, 2.75) is 12.8 Å². The first-order valence-corrected chi connectivity index (χ1v) is 6.34. The third kappa shape index (κ3) is 1.72. The average Bonchev–Trinajstić information content (AvgIpc) is 2.52. The molecule has 0 radical (unpaired) electrons. The number of hydrogen-bond donors (Lipinski definition) is 2. The molecule has 0 fully saturated rings. The van der Waals surface area contributed by atoms with Crippen LogP contribution in [0.1, 0.15) is 21.1 Å². The number of aromatic amines is 1. The molecule has 94 valence electrons. The molecule has 3 heterocycles. The largest absolute Gasteiger partial charge is 0.475 e. The summed E-state index contributed by atoms with van der Waals surface area (Å²) in [6.07, 6.45) is 1.42. The standard InChI is InChI=1S/C11H10N2O4S/c14-9-7-5-1-3-17-4-2-6(5)18-10(7)13-8(12-9)11(15)16/h1-4H2,(H,15,16)(H,12,13,14). The lowest BCUT2D eigenvalue weighted by molar-refractivity contribution is 0.0683. The monoisotopic (exact) mass is 266 g/mol. The predicted octanol–water partition coefficient (Wildman–Crippen LogP) is 0.798. The number of nitrogens with zero attached hydrogens (tertiary/aromatic N) is 1. The molecule has 0 saturated carbocycles. The minimum Gasteiger partial charge on any atom is -0.475 e. The maximum Gasteiger partial charge on any atom is 0.372 e. The van der Waals surface area contributed by atoms with Crippen molar-refractivity contribution in [3.8, 4) is 0 Å². The number of hydrogen-bond acceptors (Lipinski definition) is 5. The third-order valence-corrected chi connectivity index (χ3v) is 4.10. The van der Waals surface area contributed by atoms with E-state index < -0.39 is 5.97 Å². The van der Waals surface area contributed by atoms with E-state index in [1.54, 1.807) is 0 Å². The lowest BCUT2D eigenvalue weighted by Crippen LogP contribution is -2.15. The summed E-state index contributed by atoms with van der Waals surface area (Å²) in [5, 5.41) is 9.39. The fraction of sp³-hybridized carbons (Fsp3) is 0.364. The molecule has 18 heavy (non-hydrogen) atoms. The molecule has 0 aliphatic carbocycles. The Morgan fingerprint density at radius 1 is 1.39 bits per heavy atom. The SMILES string of the molecule is O=C(O)c1nc2sc3c(c2c(=O)[nH]1)CCOCC3. The number of fused-ring (bicyclic) bond motifs is 3. The molecule has 0 bridgehead atoms. The number of carboxylic acid groups (broad SMARTS) is 1. The fourth-order valence-electron chi connectivity index (χ4n) is 2.12. The lowest BCUT2D eigenvalue weighted by Gasteiger charge is -1.98. The van der Waals surface area contributed by atoms with Gasteiger partial charge in [-0.05, 0) is 12.0 Å². The molecule has 0 saturated heterocycles. The summed E-state index contributed by atoms with van der Waals surface area (Å²) in [5.74, 6) is -1.53. The fourth-order valence-corrected chi connectivity index (χ4v) is 3.32. The van der Waals surface area contributed by atoms with Crippen molar-refractivity contribution in [3.63, 3.8) is 0 Å². The summed E-state index contributed by atoms with van der Waals surface area (Å²) in [4.78, 5) is 30.7.